The second-order valence-corrected chi connectivity index (χ2v) is 3.08. The lowest BCUT2D eigenvalue weighted by Crippen LogP contribution is -2.16. The number of hydrogen-bond acceptors (Lipinski definition) is 3. The Kier molecular flexibility index (Phi) is 3.83. The maximum absolute atomic E-state index is 5.60. The van der Waals surface area contributed by atoms with Gasteiger partial charge in [0.15, 0.2) is 6.29 Å². The van der Waals surface area contributed by atoms with E-state index >= 15 is 0 Å². The predicted molar refractivity (Wildman–Crippen MR) is 43.2 cm³/mol. The minimum atomic E-state index is 0.0498. The molecule has 0 aliphatic carbocycles. The van der Waals surface area contributed by atoms with E-state index in [4.69, 9.17) is 15.2 Å². The van der Waals surface area contributed by atoms with E-state index in [0.29, 0.717) is 6.04 Å². The van der Waals surface area contributed by atoms with Gasteiger partial charge in [0.2, 0.25) is 0 Å². The summed E-state index contributed by atoms with van der Waals surface area (Å²) in [6.07, 6.45) is 3.20. The monoisotopic (exact) mass is 159 g/mol. The van der Waals surface area contributed by atoms with Crippen LogP contribution in [0.4, 0.5) is 0 Å². The van der Waals surface area contributed by atoms with Crippen molar-refractivity contribution in [3.8, 4) is 0 Å². The molecule has 1 aliphatic rings. The van der Waals surface area contributed by atoms with Gasteiger partial charge in [-0.3, -0.25) is 0 Å². The van der Waals surface area contributed by atoms with E-state index in [-0.39, 0.29) is 6.29 Å². The fourth-order valence-electron chi connectivity index (χ4n) is 1.18. The molecule has 3 nitrogen and oxygen atoms in total. The van der Waals surface area contributed by atoms with Gasteiger partial charge >= 0.3 is 0 Å². The molecule has 1 heterocycles. The fraction of sp³-hybridized carbons (Fsp3) is 1.00. The van der Waals surface area contributed by atoms with Crippen LogP contribution in [0.25, 0.3) is 0 Å². The molecular formula is C8H17NO2. The molecule has 1 rings (SSSR count). The zero-order valence-corrected chi connectivity index (χ0v) is 7.08. The Bertz CT molecular complexity index is 100. The summed E-state index contributed by atoms with van der Waals surface area (Å²) in [5.74, 6) is 0. The summed E-state index contributed by atoms with van der Waals surface area (Å²) in [5.41, 5.74) is 5.60. The summed E-state index contributed by atoms with van der Waals surface area (Å²) in [4.78, 5) is 0. The van der Waals surface area contributed by atoms with Gasteiger partial charge in [0.25, 0.3) is 0 Å². The minimum Gasteiger partial charge on any atom is -0.350 e. The molecule has 11 heavy (non-hydrogen) atoms. The third kappa shape index (κ3) is 3.70. The van der Waals surface area contributed by atoms with Gasteiger partial charge in [-0.2, -0.15) is 0 Å². The van der Waals surface area contributed by atoms with Crippen molar-refractivity contribution in [1.82, 2.24) is 0 Å². The molecule has 0 radical (unpaired) electrons. The predicted octanol–water partition coefficient (Wildman–Crippen LogP) is 0.877. The van der Waals surface area contributed by atoms with Crippen LogP contribution in [-0.2, 0) is 9.47 Å². The maximum Gasteiger partial charge on any atom is 0.157 e. The third-order valence-electron chi connectivity index (χ3n) is 1.79. The lowest BCUT2D eigenvalue weighted by atomic mass is 10.1. The molecule has 2 N–H and O–H groups in total. The molecule has 66 valence electrons. The largest absolute Gasteiger partial charge is 0.350 e. The fourth-order valence-corrected chi connectivity index (χ4v) is 1.18. The molecule has 1 fully saturated rings. The molecule has 0 saturated carbocycles. The number of ether oxygens (including phenoxy) is 2. The molecule has 0 aromatic rings. The van der Waals surface area contributed by atoms with Gasteiger partial charge in [0.1, 0.15) is 0 Å². The Hall–Kier alpha value is -0.120. The van der Waals surface area contributed by atoms with Gasteiger partial charge < -0.3 is 15.2 Å². The highest BCUT2D eigenvalue weighted by molar-refractivity contribution is 4.57. The highest BCUT2D eigenvalue weighted by Crippen LogP contribution is 2.11. The van der Waals surface area contributed by atoms with E-state index in [1.165, 1.54) is 0 Å². The van der Waals surface area contributed by atoms with Crippen LogP contribution < -0.4 is 5.73 Å². The molecular weight excluding hydrogens is 142 g/mol. The summed E-state index contributed by atoms with van der Waals surface area (Å²) in [7, 11) is 0. The normalized spacial score (nSPS) is 22.4. The SMILES string of the molecule is CC(N)CCCC1OCCO1. The Morgan fingerprint density at radius 3 is 2.64 bits per heavy atom. The van der Waals surface area contributed by atoms with Crippen molar-refractivity contribution in [2.75, 3.05) is 13.2 Å². The van der Waals surface area contributed by atoms with Gasteiger partial charge in [0.05, 0.1) is 13.2 Å². The van der Waals surface area contributed by atoms with E-state index in [1.54, 1.807) is 0 Å². The van der Waals surface area contributed by atoms with Crippen LogP contribution in [0.3, 0.4) is 0 Å². The van der Waals surface area contributed by atoms with Crippen LogP contribution in [0.5, 0.6) is 0 Å². The quantitative estimate of drug-likeness (QED) is 0.662. The third-order valence-corrected chi connectivity index (χ3v) is 1.79. The van der Waals surface area contributed by atoms with E-state index in [9.17, 15) is 0 Å². The first-order valence-corrected chi connectivity index (χ1v) is 4.28. The van der Waals surface area contributed by atoms with E-state index in [0.717, 1.165) is 32.5 Å². The average Bonchev–Trinajstić information content (AvgIpc) is 2.39. The van der Waals surface area contributed by atoms with E-state index in [1.807, 2.05) is 6.92 Å². The van der Waals surface area contributed by atoms with Crippen molar-refractivity contribution in [2.45, 2.75) is 38.5 Å². The molecule has 3 heteroatoms. The Labute approximate surface area is 67.9 Å². The standard InChI is InChI=1S/C8H17NO2/c1-7(9)3-2-4-8-10-5-6-11-8/h7-8H,2-6,9H2,1H3. The second kappa shape index (κ2) is 4.70. The highest BCUT2D eigenvalue weighted by Gasteiger charge is 2.14. The molecule has 0 bridgehead atoms. The van der Waals surface area contributed by atoms with Gasteiger partial charge in [-0.1, -0.05) is 0 Å². The van der Waals surface area contributed by atoms with Crippen molar-refractivity contribution in [3.63, 3.8) is 0 Å². The molecule has 0 aromatic carbocycles. The van der Waals surface area contributed by atoms with E-state index in [2.05, 4.69) is 0 Å². The van der Waals surface area contributed by atoms with Crippen LogP contribution in [0.15, 0.2) is 0 Å². The summed E-state index contributed by atoms with van der Waals surface area (Å²) in [6, 6.07) is 0.302. The molecule has 1 saturated heterocycles. The van der Waals surface area contributed by atoms with Crippen molar-refractivity contribution < 1.29 is 9.47 Å². The molecule has 0 amide bonds. The molecule has 0 aromatic heterocycles. The lowest BCUT2D eigenvalue weighted by molar-refractivity contribution is -0.0480. The number of rotatable bonds is 4. The second-order valence-electron chi connectivity index (χ2n) is 3.08. The summed E-state index contributed by atoms with van der Waals surface area (Å²) < 4.78 is 10.5. The van der Waals surface area contributed by atoms with Gasteiger partial charge in [-0.15, -0.1) is 0 Å². The Balaban J connectivity index is 1.94. The summed E-state index contributed by atoms with van der Waals surface area (Å²) in [6.45, 7) is 3.53. The summed E-state index contributed by atoms with van der Waals surface area (Å²) >= 11 is 0. The van der Waals surface area contributed by atoms with Crippen molar-refractivity contribution in [2.24, 2.45) is 5.73 Å². The van der Waals surface area contributed by atoms with Gasteiger partial charge in [-0.05, 0) is 26.2 Å². The smallest absolute Gasteiger partial charge is 0.157 e. The Morgan fingerprint density at radius 2 is 2.09 bits per heavy atom. The number of hydrogen-bond donors (Lipinski definition) is 1. The molecule has 1 aliphatic heterocycles. The van der Waals surface area contributed by atoms with Crippen LogP contribution in [0.1, 0.15) is 26.2 Å². The summed E-state index contributed by atoms with van der Waals surface area (Å²) in [5, 5.41) is 0. The lowest BCUT2D eigenvalue weighted by Gasteiger charge is -2.09. The highest BCUT2D eigenvalue weighted by atomic mass is 16.7. The molecule has 0 spiro atoms. The van der Waals surface area contributed by atoms with Crippen molar-refractivity contribution in [1.29, 1.82) is 0 Å². The van der Waals surface area contributed by atoms with Gasteiger partial charge in [0, 0.05) is 6.04 Å². The van der Waals surface area contributed by atoms with Crippen molar-refractivity contribution in [3.05, 3.63) is 0 Å². The molecule has 1 unspecified atom stereocenters. The minimum absolute atomic E-state index is 0.0498. The van der Waals surface area contributed by atoms with Crippen LogP contribution >= 0.6 is 0 Å². The average molecular weight is 159 g/mol. The Morgan fingerprint density at radius 1 is 1.45 bits per heavy atom. The van der Waals surface area contributed by atoms with Crippen LogP contribution in [-0.4, -0.2) is 25.5 Å². The first-order chi connectivity index (χ1) is 5.29. The first-order valence-electron chi connectivity index (χ1n) is 4.28. The van der Waals surface area contributed by atoms with E-state index < -0.39 is 0 Å². The molecule has 1 atom stereocenters. The first kappa shape index (κ1) is 8.97. The number of nitrogens with two attached hydrogens (primary N) is 1. The topological polar surface area (TPSA) is 44.5 Å². The van der Waals surface area contributed by atoms with Crippen molar-refractivity contribution >= 4 is 0 Å². The zero-order chi connectivity index (χ0) is 8.10. The van der Waals surface area contributed by atoms with Gasteiger partial charge in [-0.25, -0.2) is 0 Å². The van der Waals surface area contributed by atoms with Crippen LogP contribution in [0.2, 0.25) is 0 Å². The maximum atomic E-state index is 5.60. The van der Waals surface area contributed by atoms with Crippen LogP contribution in [0, 0.1) is 0 Å². The zero-order valence-electron chi connectivity index (χ0n) is 7.08.